The summed E-state index contributed by atoms with van der Waals surface area (Å²) in [6.45, 7) is 2.91. The third kappa shape index (κ3) is 3.61. The summed E-state index contributed by atoms with van der Waals surface area (Å²) in [4.78, 5) is 14.2. The number of hydrogen-bond donors (Lipinski definition) is 2. The smallest absolute Gasteiger partial charge is 0.254 e. The Bertz CT molecular complexity index is 573. The lowest BCUT2D eigenvalue weighted by molar-refractivity contribution is -0.0183. The number of ether oxygens (including phenoxy) is 1. The number of morpholine rings is 1. The molecular formula is C16H19NO4. The van der Waals surface area contributed by atoms with E-state index >= 15 is 0 Å². The summed E-state index contributed by atoms with van der Waals surface area (Å²) >= 11 is 0. The van der Waals surface area contributed by atoms with Crippen molar-refractivity contribution in [1.82, 2.24) is 4.90 Å². The van der Waals surface area contributed by atoms with Crippen LogP contribution in [0.3, 0.4) is 0 Å². The molecule has 0 radical (unpaired) electrons. The molecule has 1 aromatic rings. The Morgan fingerprint density at radius 3 is 2.95 bits per heavy atom. The van der Waals surface area contributed by atoms with Gasteiger partial charge in [-0.15, -0.1) is 0 Å². The Labute approximate surface area is 124 Å². The van der Waals surface area contributed by atoms with Crippen molar-refractivity contribution in [2.75, 3.05) is 33.0 Å². The molecule has 21 heavy (non-hydrogen) atoms. The van der Waals surface area contributed by atoms with Gasteiger partial charge in [0.05, 0.1) is 25.9 Å². The van der Waals surface area contributed by atoms with Crippen molar-refractivity contribution in [2.24, 2.45) is 0 Å². The van der Waals surface area contributed by atoms with E-state index in [1.165, 1.54) is 0 Å². The zero-order valence-electron chi connectivity index (χ0n) is 12.0. The van der Waals surface area contributed by atoms with Crippen LogP contribution in [0, 0.1) is 18.8 Å². The molecule has 1 heterocycles. The summed E-state index contributed by atoms with van der Waals surface area (Å²) < 4.78 is 5.28. The fraction of sp³-hybridized carbons (Fsp3) is 0.438. The Morgan fingerprint density at radius 1 is 1.48 bits per heavy atom. The molecule has 1 aliphatic rings. The molecule has 2 rings (SSSR count). The van der Waals surface area contributed by atoms with Crippen molar-refractivity contribution in [3.8, 4) is 11.8 Å². The number of hydrogen-bond acceptors (Lipinski definition) is 4. The molecule has 0 aromatic heterocycles. The lowest BCUT2D eigenvalue weighted by Crippen LogP contribution is -2.50. The normalized spacial score (nSPS) is 18.0. The van der Waals surface area contributed by atoms with Crippen LogP contribution < -0.4 is 0 Å². The van der Waals surface area contributed by atoms with E-state index in [1.807, 2.05) is 6.92 Å². The van der Waals surface area contributed by atoms with Crippen LogP contribution in [0.2, 0.25) is 0 Å². The zero-order valence-corrected chi connectivity index (χ0v) is 12.0. The first-order chi connectivity index (χ1) is 10.2. The van der Waals surface area contributed by atoms with Crippen LogP contribution in [0.4, 0.5) is 0 Å². The lowest BCUT2D eigenvalue weighted by atomic mass is 10.0. The SMILES string of the molecule is Cc1cc(C(=O)N2CCOCC2CO)ccc1C#CCO. The maximum atomic E-state index is 12.5. The van der Waals surface area contributed by atoms with Gasteiger partial charge < -0.3 is 19.8 Å². The highest BCUT2D eigenvalue weighted by Crippen LogP contribution is 2.15. The molecule has 112 valence electrons. The van der Waals surface area contributed by atoms with Gasteiger partial charge in [0.1, 0.15) is 6.61 Å². The van der Waals surface area contributed by atoms with Crippen LogP contribution in [0.15, 0.2) is 18.2 Å². The highest BCUT2D eigenvalue weighted by molar-refractivity contribution is 5.95. The second-order valence-corrected chi connectivity index (χ2v) is 4.90. The first-order valence-electron chi connectivity index (χ1n) is 6.87. The van der Waals surface area contributed by atoms with Gasteiger partial charge in [-0.2, -0.15) is 0 Å². The summed E-state index contributed by atoms with van der Waals surface area (Å²) in [6, 6.07) is 4.99. The summed E-state index contributed by atoms with van der Waals surface area (Å²) in [5, 5.41) is 18.1. The van der Waals surface area contributed by atoms with Gasteiger partial charge in [-0.1, -0.05) is 11.8 Å². The monoisotopic (exact) mass is 289 g/mol. The maximum Gasteiger partial charge on any atom is 0.254 e. The molecule has 1 aliphatic heterocycles. The van der Waals surface area contributed by atoms with Gasteiger partial charge in [0.2, 0.25) is 0 Å². The molecule has 0 bridgehead atoms. The molecule has 1 unspecified atom stereocenters. The Balaban J connectivity index is 2.21. The summed E-state index contributed by atoms with van der Waals surface area (Å²) in [5.74, 6) is 5.33. The Hall–Kier alpha value is -1.87. The van der Waals surface area contributed by atoms with E-state index in [2.05, 4.69) is 11.8 Å². The number of aryl methyl sites for hydroxylation is 1. The van der Waals surface area contributed by atoms with E-state index in [4.69, 9.17) is 9.84 Å². The number of benzene rings is 1. The molecule has 0 aliphatic carbocycles. The van der Waals surface area contributed by atoms with Gasteiger partial charge in [0.25, 0.3) is 5.91 Å². The zero-order chi connectivity index (χ0) is 15.2. The average Bonchev–Trinajstić information content (AvgIpc) is 2.53. The molecule has 0 spiro atoms. The van der Waals surface area contributed by atoms with Crippen molar-refractivity contribution in [3.63, 3.8) is 0 Å². The number of nitrogens with zero attached hydrogens (tertiary/aromatic N) is 1. The Morgan fingerprint density at radius 2 is 2.29 bits per heavy atom. The number of aliphatic hydroxyl groups is 2. The van der Waals surface area contributed by atoms with E-state index in [1.54, 1.807) is 23.1 Å². The van der Waals surface area contributed by atoms with Gasteiger partial charge in [-0.05, 0) is 30.7 Å². The van der Waals surface area contributed by atoms with E-state index in [9.17, 15) is 9.90 Å². The maximum absolute atomic E-state index is 12.5. The van der Waals surface area contributed by atoms with Crippen molar-refractivity contribution in [2.45, 2.75) is 13.0 Å². The molecule has 1 aromatic carbocycles. The van der Waals surface area contributed by atoms with E-state index < -0.39 is 0 Å². The van der Waals surface area contributed by atoms with Crippen LogP contribution in [0.25, 0.3) is 0 Å². The second kappa shape index (κ2) is 7.23. The largest absolute Gasteiger partial charge is 0.394 e. The highest BCUT2D eigenvalue weighted by atomic mass is 16.5. The number of carbonyl (C=O) groups excluding carboxylic acids is 1. The van der Waals surface area contributed by atoms with E-state index in [0.717, 1.165) is 11.1 Å². The third-order valence-corrected chi connectivity index (χ3v) is 3.47. The number of carbonyl (C=O) groups is 1. The first-order valence-corrected chi connectivity index (χ1v) is 6.87. The molecule has 0 saturated carbocycles. The second-order valence-electron chi connectivity index (χ2n) is 4.90. The molecule has 1 atom stereocenters. The van der Waals surface area contributed by atoms with Crippen LogP contribution in [-0.4, -0.2) is 60.0 Å². The fourth-order valence-electron chi connectivity index (χ4n) is 2.31. The predicted octanol–water partition coefficient (Wildman–Crippen LogP) is 0.172. The minimum Gasteiger partial charge on any atom is -0.394 e. The molecule has 2 N–H and O–H groups in total. The van der Waals surface area contributed by atoms with Crippen LogP contribution in [0.1, 0.15) is 21.5 Å². The standard InChI is InChI=1S/C16H19NO4/c1-12-9-14(5-4-13(12)3-2-7-18)16(20)17-6-8-21-11-15(17)10-19/h4-5,9,15,18-19H,6-8,10-11H2,1H3. The van der Waals surface area contributed by atoms with Crippen LogP contribution in [0.5, 0.6) is 0 Å². The molecule has 1 fully saturated rings. The Kier molecular flexibility index (Phi) is 5.34. The number of rotatable bonds is 2. The third-order valence-electron chi connectivity index (χ3n) is 3.47. The van der Waals surface area contributed by atoms with Gasteiger partial charge >= 0.3 is 0 Å². The van der Waals surface area contributed by atoms with Gasteiger partial charge in [0, 0.05) is 17.7 Å². The first kappa shape index (κ1) is 15.5. The van der Waals surface area contributed by atoms with Gasteiger partial charge in [-0.25, -0.2) is 0 Å². The van der Waals surface area contributed by atoms with Gasteiger partial charge in [0.15, 0.2) is 0 Å². The molecule has 5 nitrogen and oxygen atoms in total. The van der Waals surface area contributed by atoms with Crippen molar-refractivity contribution >= 4 is 5.91 Å². The number of aliphatic hydroxyl groups excluding tert-OH is 2. The molecule has 1 saturated heterocycles. The van der Waals surface area contributed by atoms with E-state index in [-0.39, 0.29) is 25.2 Å². The molecule has 5 heteroatoms. The minimum absolute atomic E-state index is 0.106. The molecule has 1 amide bonds. The van der Waals surface area contributed by atoms with E-state index in [0.29, 0.717) is 25.3 Å². The average molecular weight is 289 g/mol. The van der Waals surface area contributed by atoms with Crippen molar-refractivity contribution < 1.29 is 19.7 Å². The van der Waals surface area contributed by atoms with Crippen LogP contribution >= 0.6 is 0 Å². The van der Waals surface area contributed by atoms with Gasteiger partial charge in [-0.3, -0.25) is 4.79 Å². The minimum atomic E-state index is -0.291. The quantitative estimate of drug-likeness (QED) is 0.762. The number of amides is 1. The molecular weight excluding hydrogens is 270 g/mol. The lowest BCUT2D eigenvalue weighted by Gasteiger charge is -2.34. The predicted molar refractivity (Wildman–Crippen MR) is 77.9 cm³/mol. The summed E-state index contributed by atoms with van der Waals surface area (Å²) in [6.07, 6.45) is 0. The van der Waals surface area contributed by atoms with Crippen molar-refractivity contribution in [1.29, 1.82) is 0 Å². The van der Waals surface area contributed by atoms with Crippen LogP contribution in [-0.2, 0) is 4.74 Å². The summed E-state index contributed by atoms with van der Waals surface area (Å²) in [5.41, 5.74) is 2.25. The van der Waals surface area contributed by atoms with Crippen molar-refractivity contribution in [3.05, 3.63) is 34.9 Å². The fourth-order valence-corrected chi connectivity index (χ4v) is 2.31. The highest BCUT2D eigenvalue weighted by Gasteiger charge is 2.27. The summed E-state index contributed by atoms with van der Waals surface area (Å²) in [7, 11) is 0. The topological polar surface area (TPSA) is 70.0 Å².